The first-order valence-electron chi connectivity index (χ1n) is 7.69. The van der Waals surface area contributed by atoms with E-state index in [1.54, 1.807) is 25.3 Å². The minimum absolute atomic E-state index is 0.349. The molecule has 2 N–H and O–H groups in total. The van der Waals surface area contributed by atoms with Gasteiger partial charge in [-0.2, -0.15) is 0 Å². The molecule has 8 nitrogen and oxygen atoms in total. The normalized spacial score (nSPS) is 10.5. The van der Waals surface area contributed by atoms with Crippen molar-refractivity contribution in [1.82, 2.24) is 21.0 Å². The number of amides is 2. The van der Waals surface area contributed by atoms with Crippen molar-refractivity contribution in [2.24, 2.45) is 0 Å². The summed E-state index contributed by atoms with van der Waals surface area (Å²) in [7, 11) is 0. The van der Waals surface area contributed by atoms with Crippen molar-refractivity contribution >= 4 is 23.6 Å². The third kappa shape index (κ3) is 4.12. The largest absolute Gasteiger partial charge is 0.469 e. The molecule has 0 saturated heterocycles. The lowest BCUT2D eigenvalue weighted by Gasteiger charge is -2.09. The predicted octanol–water partition coefficient (Wildman–Crippen LogP) is 2.65. The first-order chi connectivity index (χ1) is 12.5. The van der Waals surface area contributed by atoms with Gasteiger partial charge in [-0.3, -0.25) is 20.4 Å². The minimum atomic E-state index is -0.466. The fourth-order valence-electron chi connectivity index (χ4n) is 2.18. The van der Waals surface area contributed by atoms with E-state index in [1.807, 2.05) is 13.0 Å². The van der Waals surface area contributed by atoms with Gasteiger partial charge in [0.15, 0.2) is 0 Å². The Balaban J connectivity index is 1.63. The van der Waals surface area contributed by atoms with Gasteiger partial charge in [-0.05, 0) is 32.0 Å². The number of hydrogen-bond acceptors (Lipinski definition) is 7. The van der Waals surface area contributed by atoms with Crippen molar-refractivity contribution in [2.75, 3.05) is 0 Å². The zero-order valence-corrected chi connectivity index (χ0v) is 14.9. The summed E-state index contributed by atoms with van der Waals surface area (Å²) in [5.74, 6) is 0.774. The van der Waals surface area contributed by atoms with E-state index in [4.69, 9.17) is 8.94 Å². The first-order valence-corrected chi connectivity index (χ1v) is 8.68. The molecule has 134 valence electrons. The average molecular weight is 372 g/mol. The summed E-state index contributed by atoms with van der Waals surface area (Å²) in [6.07, 6.45) is 3.01. The van der Waals surface area contributed by atoms with Crippen LogP contribution >= 0.6 is 11.8 Å². The number of nitrogens with one attached hydrogen (secondary N) is 2. The second-order valence-electron chi connectivity index (χ2n) is 5.37. The van der Waals surface area contributed by atoms with Crippen molar-refractivity contribution in [3.05, 3.63) is 65.1 Å². The van der Waals surface area contributed by atoms with Gasteiger partial charge < -0.3 is 8.94 Å². The number of carbonyl (C=O) groups is 2. The summed E-state index contributed by atoms with van der Waals surface area (Å²) < 4.78 is 10.1. The number of aromatic nitrogens is 2. The summed E-state index contributed by atoms with van der Waals surface area (Å²) in [5.41, 5.74) is 6.22. The highest BCUT2D eigenvalue weighted by Crippen LogP contribution is 2.24. The molecular weight excluding hydrogens is 356 g/mol. The maximum atomic E-state index is 12.4. The highest BCUT2D eigenvalue weighted by Gasteiger charge is 2.16. The van der Waals surface area contributed by atoms with Crippen LogP contribution in [0, 0.1) is 13.8 Å². The quantitative estimate of drug-likeness (QED) is 0.523. The lowest BCUT2D eigenvalue weighted by molar-refractivity contribution is 0.0843. The van der Waals surface area contributed by atoms with Crippen LogP contribution in [0.4, 0.5) is 0 Å². The van der Waals surface area contributed by atoms with Crippen LogP contribution in [0.3, 0.4) is 0 Å². The van der Waals surface area contributed by atoms with Crippen LogP contribution in [-0.4, -0.2) is 22.0 Å². The van der Waals surface area contributed by atoms with E-state index >= 15 is 0 Å². The molecule has 0 fully saturated rings. The van der Waals surface area contributed by atoms with Crippen molar-refractivity contribution in [1.29, 1.82) is 0 Å². The van der Waals surface area contributed by atoms with E-state index in [-0.39, 0.29) is 0 Å². The zero-order valence-electron chi connectivity index (χ0n) is 14.1. The molecule has 0 aliphatic carbocycles. The number of nitrogens with zero attached hydrogens (tertiary/aromatic N) is 2. The fourth-order valence-corrected chi connectivity index (χ4v) is 3.05. The maximum Gasteiger partial charge on any atom is 0.273 e. The van der Waals surface area contributed by atoms with Gasteiger partial charge in [-0.25, -0.2) is 4.98 Å². The monoisotopic (exact) mass is 372 g/mol. The summed E-state index contributed by atoms with van der Waals surface area (Å²) in [6, 6.07) is 6.64. The Kier molecular flexibility index (Phi) is 5.37. The number of carbonyl (C=O) groups excluding carboxylic acids is 2. The van der Waals surface area contributed by atoms with E-state index in [0.29, 0.717) is 27.7 Å². The summed E-state index contributed by atoms with van der Waals surface area (Å²) in [4.78, 5) is 28.7. The molecule has 0 radical (unpaired) electrons. The predicted molar refractivity (Wildman–Crippen MR) is 93.4 cm³/mol. The molecule has 0 unspecified atom stereocenters. The molecule has 3 aromatic rings. The second kappa shape index (κ2) is 7.87. The number of furan rings is 1. The molecule has 0 aliphatic heterocycles. The SMILES string of the molecule is Cc1cc(CSc2ncccc2C(=O)NNC(=O)c2ccoc2C)no1. The molecule has 3 rings (SSSR count). The Morgan fingerprint density at radius 3 is 2.58 bits per heavy atom. The van der Waals surface area contributed by atoms with Gasteiger partial charge in [-0.1, -0.05) is 16.9 Å². The molecule has 0 saturated carbocycles. The molecule has 2 amide bonds. The maximum absolute atomic E-state index is 12.4. The topological polar surface area (TPSA) is 110 Å². The third-order valence-electron chi connectivity index (χ3n) is 3.44. The van der Waals surface area contributed by atoms with Crippen LogP contribution in [-0.2, 0) is 5.75 Å². The second-order valence-corrected chi connectivity index (χ2v) is 6.34. The van der Waals surface area contributed by atoms with Crippen LogP contribution in [0.25, 0.3) is 0 Å². The van der Waals surface area contributed by atoms with E-state index in [1.165, 1.54) is 24.1 Å². The molecule has 0 aromatic carbocycles. The number of hydrazine groups is 1. The summed E-state index contributed by atoms with van der Waals surface area (Å²) in [6.45, 7) is 3.48. The van der Waals surface area contributed by atoms with Gasteiger partial charge in [0, 0.05) is 18.0 Å². The minimum Gasteiger partial charge on any atom is -0.469 e. The van der Waals surface area contributed by atoms with Crippen molar-refractivity contribution in [2.45, 2.75) is 24.6 Å². The molecule has 26 heavy (non-hydrogen) atoms. The molecular formula is C17H16N4O4S. The van der Waals surface area contributed by atoms with Gasteiger partial charge in [0.25, 0.3) is 11.8 Å². The lowest BCUT2D eigenvalue weighted by Crippen LogP contribution is -2.42. The van der Waals surface area contributed by atoms with E-state index in [0.717, 1.165) is 11.5 Å². The number of rotatable bonds is 5. The fraction of sp³-hybridized carbons (Fsp3) is 0.176. The van der Waals surface area contributed by atoms with Crippen molar-refractivity contribution in [3.63, 3.8) is 0 Å². The first kappa shape index (κ1) is 17.7. The number of hydrogen-bond donors (Lipinski definition) is 2. The average Bonchev–Trinajstić information content (AvgIpc) is 3.26. The van der Waals surface area contributed by atoms with Gasteiger partial charge >= 0.3 is 0 Å². The van der Waals surface area contributed by atoms with Crippen LogP contribution < -0.4 is 10.9 Å². The number of aryl methyl sites for hydroxylation is 2. The van der Waals surface area contributed by atoms with E-state index in [9.17, 15) is 9.59 Å². The Morgan fingerprint density at radius 1 is 1.15 bits per heavy atom. The Hall–Kier alpha value is -3.07. The molecule has 0 atom stereocenters. The summed E-state index contributed by atoms with van der Waals surface area (Å²) >= 11 is 1.35. The van der Waals surface area contributed by atoms with Crippen molar-refractivity contribution < 1.29 is 18.5 Å². The van der Waals surface area contributed by atoms with E-state index < -0.39 is 11.8 Å². The third-order valence-corrected chi connectivity index (χ3v) is 4.48. The van der Waals surface area contributed by atoms with Crippen LogP contribution in [0.1, 0.15) is 37.9 Å². The molecule has 9 heteroatoms. The number of thioether (sulfide) groups is 1. The Labute approximate surface area is 153 Å². The zero-order chi connectivity index (χ0) is 18.5. The molecule has 3 heterocycles. The highest BCUT2D eigenvalue weighted by atomic mass is 32.2. The smallest absolute Gasteiger partial charge is 0.273 e. The van der Waals surface area contributed by atoms with Crippen molar-refractivity contribution in [3.8, 4) is 0 Å². The Morgan fingerprint density at radius 2 is 1.92 bits per heavy atom. The standard InChI is InChI=1S/C17H16N4O4S/c1-10-8-12(21-25-10)9-26-17-14(4-3-6-18-17)16(23)20-19-15(22)13-5-7-24-11(13)2/h3-8H,9H2,1-2H3,(H,19,22)(H,20,23). The molecule has 0 aliphatic rings. The Bertz CT molecular complexity index is 934. The van der Waals surface area contributed by atoms with Gasteiger partial charge in [0.05, 0.1) is 23.1 Å². The van der Waals surface area contributed by atoms with Gasteiger partial charge in [0.2, 0.25) is 0 Å². The summed E-state index contributed by atoms with van der Waals surface area (Å²) in [5, 5.41) is 4.44. The van der Waals surface area contributed by atoms with Gasteiger partial charge in [0.1, 0.15) is 16.5 Å². The molecule has 0 spiro atoms. The lowest BCUT2D eigenvalue weighted by atomic mass is 10.2. The van der Waals surface area contributed by atoms with Crippen LogP contribution in [0.15, 0.2) is 50.7 Å². The van der Waals surface area contributed by atoms with Crippen LogP contribution in [0.5, 0.6) is 0 Å². The highest BCUT2D eigenvalue weighted by molar-refractivity contribution is 7.98. The van der Waals surface area contributed by atoms with E-state index in [2.05, 4.69) is 21.0 Å². The molecule has 0 bridgehead atoms. The van der Waals surface area contributed by atoms with Crippen LogP contribution in [0.2, 0.25) is 0 Å². The van der Waals surface area contributed by atoms with Gasteiger partial charge in [-0.15, -0.1) is 0 Å². The molecule has 3 aromatic heterocycles. The number of pyridine rings is 1.